The summed E-state index contributed by atoms with van der Waals surface area (Å²) in [5.74, 6) is 0.267. The molecule has 0 saturated heterocycles. The van der Waals surface area contributed by atoms with Crippen molar-refractivity contribution in [1.82, 2.24) is 15.2 Å². The van der Waals surface area contributed by atoms with Crippen molar-refractivity contribution in [1.29, 1.82) is 0 Å². The molecule has 3 N–H and O–H groups in total. The molecule has 2 aromatic rings. The van der Waals surface area contributed by atoms with E-state index in [1.54, 1.807) is 0 Å². The number of nitrogens with zero attached hydrogens (tertiary/aromatic N) is 1. The summed E-state index contributed by atoms with van der Waals surface area (Å²) in [6.07, 6.45) is 13.0. The first kappa shape index (κ1) is 24.0. The summed E-state index contributed by atoms with van der Waals surface area (Å²) < 4.78 is 2.12. The molecule has 0 radical (unpaired) electrons. The summed E-state index contributed by atoms with van der Waals surface area (Å²) in [4.78, 5) is 12.7. The number of aliphatic hydroxyl groups is 1. The Morgan fingerprint density at radius 1 is 1.19 bits per heavy atom. The molecule has 172 valence electrons. The van der Waals surface area contributed by atoms with E-state index in [0.29, 0.717) is 6.54 Å². The maximum absolute atomic E-state index is 12.7. The van der Waals surface area contributed by atoms with Gasteiger partial charge in [-0.05, 0) is 57.5 Å². The Bertz CT molecular complexity index is 924. The third kappa shape index (κ3) is 5.99. The fourth-order valence-corrected chi connectivity index (χ4v) is 4.65. The molecule has 1 saturated carbocycles. The molecule has 1 fully saturated rings. The summed E-state index contributed by atoms with van der Waals surface area (Å²) >= 11 is 0. The molecule has 3 rings (SSSR count). The van der Waals surface area contributed by atoms with Gasteiger partial charge in [-0.25, -0.2) is 0 Å². The van der Waals surface area contributed by atoms with Crippen molar-refractivity contribution in [2.24, 2.45) is 5.92 Å². The highest BCUT2D eigenvalue weighted by atomic mass is 16.3. The molecule has 1 aromatic carbocycles. The zero-order valence-corrected chi connectivity index (χ0v) is 19.6. The Balaban J connectivity index is 1.90. The van der Waals surface area contributed by atoms with Gasteiger partial charge in [0, 0.05) is 35.6 Å². The van der Waals surface area contributed by atoms with Crippen LogP contribution >= 0.6 is 0 Å². The highest BCUT2D eigenvalue weighted by molar-refractivity contribution is 5.81. The number of aliphatic hydroxyl groups excluding tert-OH is 1. The monoisotopic (exact) mass is 435 g/mol. The molecule has 0 bridgehead atoms. The molecular weight excluding hydrogens is 398 g/mol. The normalized spacial score (nSPS) is 17.4. The van der Waals surface area contributed by atoms with E-state index in [0.717, 1.165) is 48.2 Å². The van der Waals surface area contributed by atoms with Crippen LogP contribution in [0.15, 0.2) is 54.4 Å². The SMILES string of the molecule is C/C=C\c1c(/C=C(\C)NC(=O)C2CCCCC2)ccn1C(c1ccccc1)C(O)CNC. The maximum atomic E-state index is 12.7. The molecule has 0 spiro atoms. The first-order valence-electron chi connectivity index (χ1n) is 11.8. The third-order valence-corrected chi connectivity index (χ3v) is 6.20. The van der Waals surface area contributed by atoms with Crippen LogP contribution in [0.4, 0.5) is 0 Å². The predicted molar refractivity (Wildman–Crippen MR) is 132 cm³/mol. The largest absolute Gasteiger partial charge is 0.389 e. The van der Waals surface area contributed by atoms with Crippen LogP contribution in [0.2, 0.25) is 0 Å². The van der Waals surface area contributed by atoms with E-state index in [-0.39, 0.29) is 17.9 Å². The molecule has 1 aromatic heterocycles. The minimum Gasteiger partial charge on any atom is -0.389 e. The van der Waals surface area contributed by atoms with Gasteiger partial charge in [0.15, 0.2) is 0 Å². The molecule has 1 heterocycles. The van der Waals surface area contributed by atoms with Gasteiger partial charge in [-0.2, -0.15) is 0 Å². The average molecular weight is 436 g/mol. The van der Waals surface area contributed by atoms with Gasteiger partial charge >= 0.3 is 0 Å². The number of amides is 1. The topological polar surface area (TPSA) is 66.3 Å². The first-order valence-corrected chi connectivity index (χ1v) is 11.8. The zero-order chi connectivity index (χ0) is 22.9. The number of hydrogen-bond donors (Lipinski definition) is 3. The molecule has 5 nitrogen and oxygen atoms in total. The molecule has 1 aliphatic carbocycles. The van der Waals surface area contributed by atoms with Crippen LogP contribution in [0.5, 0.6) is 0 Å². The average Bonchev–Trinajstić information content (AvgIpc) is 3.17. The summed E-state index contributed by atoms with van der Waals surface area (Å²) in [6.45, 7) is 4.42. The summed E-state index contributed by atoms with van der Waals surface area (Å²) in [5.41, 5.74) is 3.91. The smallest absolute Gasteiger partial charge is 0.227 e. The lowest BCUT2D eigenvalue weighted by atomic mass is 9.88. The molecule has 2 unspecified atom stereocenters. The van der Waals surface area contributed by atoms with Crippen molar-refractivity contribution in [3.63, 3.8) is 0 Å². The fraction of sp³-hybridized carbons (Fsp3) is 0.444. The number of carbonyl (C=O) groups excluding carboxylic acids is 1. The van der Waals surface area contributed by atoms with E-state index in [4.69, 9.17) is 0 Å². The highest BCUT2D eigenvalue weighted by Crippen LogP contribution is 2.29. The van der Waals surface area contributed by atoms with E-state index in [9.17, 15) is 9.90 Å². The van der Waals surface area contributed by atoms with E-state index >= 15 is 0 Å². The van der Waals surface area contributed by atoms with Gasteiger partial charge in [0.1, 0.15) is 0 Å². The summed E-state index contributed by atoms with van der Waals surface area (Å²) in [5, 5.41) is 17.2. The van der Waals surface area contributed by atoms with Gasteiger partial charge in [0.25, 0.3) is 0 Å². The first-order chi connectivity index (χ1) is 15.5. The number of carbonyl (C=O) groups is 1. The summed E-state index contributed by atoms with van der Waals surface area (Å²) in [6, 6.07) is 11.9. The number of likely N-dealkylation sites (N-methyl/N-ethyl adjacent to an activating group) is 1. The second-order valence-electron chi connectivity index (χ2n) is 8.70. The van der Waals surface area contributed by atoms with Crippen molar-refractivity contribution in [2.45, 2.75) is 58.1 Å². The van der Waals surface area contributed by atoms with Crippen LogP contribution in [-0.4, -0.2) is 35.3 Å². The third-order valence-electron chi connectivity index (χ3n) is 6.20. The quantitative estimate of drug-likeness (QED) is 0.533. The van der Waals surface area contributed by atoms with Crippen LogP contribution in [0, 0.1) is 5.92 Å². The van der Waals surface area contributed by atoms with Gasteiger partial charge < -0.3 is 20.3 Å². The molecule has 1 amide bonds. The second kappa shape index (κ2) is 11.8. The van der Waals surface area contributed by atoms with Crippen LogP contribution in [0.3, 0.4) is 0 Å². The van der Waals surface area contributed by atoms with Crippen LogP contribution in [-0.2, 0) is 4.79 Å². The van der Waals surface area contributed by atoms with Gasteiger partial charge in [-0.1, -0.05) is 55.7 Å². The molecule has 32 heavy (non-hydrogen) atoms. The van der Waals surface area contributed by atoms with E-state index in [1.165, 1.54) is 6.42 Å². The number of nitrogens with one attached hydrogen (secondary N) is 2. The Morgan fingerprint density at radius 2 is 1.91 bits per heavy atom. The zero-order valence-electron chi connectivity index (χ0n) is 19.6. The molecular formula is C27H37N3O2. The van der Waals surface area contributed by atoms with Crippen molar-refractivity contribution >= 4 is 18.1 Å². The second-order valence-corrected chi connectivity index (χ2v) is 8.70. The molecule has 2 atom stereocenters. The lowest BCUT2D eigenvalue weighted by Crippen LogP contribution is -2.33. The Kier molecular flexibility index (Phi) is 8.89. The maximum Gasteiger partial charge on any atom is 0.227 e. The molecule has 5 heteroatoms. The number of allylic oxidation sites excluding steroid dienone is 2. The van der Waals surface area contributed by atoms with E-state index in [1.807, 2.05) is 75.6 Å². The number of hydrogen-bond acceptors (Lipinski definition) is 3. The number of benzene rings is 1. The van der Waals surface area contributed by atoms with Gasteiger partial charge in [0.2, 0.25) is 5.91 Å². The Morgan fingerprint density at radius 3 is 2.56 bits per heavy atom. The highest BCUT2D eigenvalue weighted by Gasteiger charge is 2.25. The predicted octanol–water partition coefficient (Wildman–Crippen LogP) is 4.75. The van der Waals surface area contributed by atoms with E-state index < -0.39 is 6.10 Å². The molecule has 0 aliphatic heterocycles. The lowest BCUT2D eigenvalue weighted by Gasteiger charge is -2.27. The number of rotatable bonds is 9. The van der Waals surface area contributed by atoms with Gasteiger partial charge in [0.05, 0.1) is 12.1 Å². The summed E-state index contributed by atoms with van der Waals surface area (Å²) in [7, 11) is 1.85. The van der Waals surface area contributed by atoms with Gasteiger partial charge in [-0.15, -0.1) is 0 Å². The lowest BCUT2D eigenvalue weighted by molar-refractivity contribution is -0.125. The number of aromatic nitrogens is 1. The minimum atomic E-state index is -0.595. The van der Waals surface area contributed by atoms with Crippen molar-refractivity contribution in [2.75, 3.05) is 13.6 Å². The van der Waals surface area contributed by atoms with Crippen molar-refractivity contribution in [3.8, 4) is 0 Å². The van der Waals surface area contributed by atoms with Crippen LogP contribution in [0.1, 0.15) is 68.8 Å². The van der Waals surface area contributed by atoms with E-state index in [2.05, 4.69) is 21.3 Å². The van der Waals surface area contributed by atoms with Crippen molar-refractivity contribution < 1.29 is 9.90 Å². The fourth-order valence-electron chi connectivity index (χ4n) is 4.65. The Labute approximate surface area is 192 Å². The Hall–Kier alpha value is -2.63. The van der Waals surface area contributed by atoms with Crippen LogP contribution < -0.4 is 10.6 Å². The standard InChI is InChI=1S/C27H37N3O2/c1-4-11-24-23(18-20(2)29-27(32)22-14-9-6-10-15-22)16-17-30(24)26(25(31)19-28-3)21-12-7-5-8-13-21/h4-5,7-8,11-13,16-18,22,25-26,28,31H,6,9-10,14-15,19H2,1-3H3,(H,29,32)/b11-4-,20-18+. The van der Waals surface area contributed by atoms with Crippen molar-refractivity contribution in [3.05, 3.63) is 71.2 Å². The minimum absolute atomic E-state index is 0.130. The molecule has 1 aliphatic rings. The van der Waals surface area contributed by atoms with Gasteiger partial charge in [-0.3, -0.25) is 4.79 Å². The van der Waals surface area contributed by atoms with Crippen LogP contribution in [0.25, 0.3) is 12.2 Å².